The van der Waals surface area contributed by atoms with E-state index in [1.807, 2.05) is 51.1 Å². The molecule has 0 radical (unpaired) electrons. The van der Waals surface area contributed by atoms with E-state index in [-0.39, 0.29) is 22.3 Å². The van der Waals surface area contributed by atoms with Crippen LogP contribution in [0.4, 0.5) is 5.69 Å². The third-order valence-corrected chi connectivity index (χ3v) is 6.44. The summed E-state index contributed by atoms with van der Waals surface area (Å²) in [5, 5.41) is 15.7. The molecule has 3 rings (SSSR count). The molecule has 0 bridgehead atoms. The standard InChI is InChI=1S/C25H25N3O4S/c1-14-5-8-17(9-6-14)21-18(12-26)24(28-23(30)22(21)25(31)32-4)33-13-20(29)27-19-10-7-15(2)11-16(19)3/h5-11,21-22H,13H2,1-4H3,(H,27,29)(H,28,30)/t21-,22-/m1/s1. The van der Waals surface area contributed by atoms with Crippen LogP contribution in [0.2, 0.25) is 0 Å². The van der Waals surface area contributed by atoms with Crippen molar-refractivity contribution in [3.05, 3.63) is 75.3 Å². The van der Waals surface area contributed by atoms with Crippen LogP contribution in [-0.2, 0) is 19.1 Å². The second-order valence-corrected chi connectivity index (χ2v) is 8.87. The summed E-state index contributed by atoms with van der Waals surface area (Å²) in [5.41, 5.74) is 4.62. The Hall–Kier alpha value is -3.57. The van der Waals surface area contributed by atoms with Gasteiger partial charge >= 0.3 is 5.97 Å². The zero-order valence-electron chi connectivity index (χ0n) is 18.9. The highest BCUT2D eigenvalue weighted by Gasteiger charge is 2.44. The fraction of sp³-hybridized carbons (Fsp3) is 0.280. The molecule has 1 aliphatic rings. The molecule has 33 heavy (non-hydrogen) atoms. The lowest BCUT2D eigenvalue weighted by molar-refractivity contribution is -0.150. The topological polar surface area (TPSA) is 108 Å². The van der Waals surface area contributed by atoms with E-state index >= 15 is 0 Å². The van der Waals surface area contributed by atoms with Gasteiger partial charge in [-0.3, -0.25) is 14.4 Å². The van der Waals surface area contributed by atoms with E-state index in [0.717, 1.165) is 28.5 Å². The highest BCUT2D eigenvalue weighted by Crippen LogP contribution is 2.40. The highest BCUT2D eigenvalue weighted by atomic mass is 32.2. The van der Waals surface area contributed by atoms with Gasteiger partial charge in [0.25, 0.3) is 0 Å². The Morgan fingerprint density at radius 1 is 1.12 bits per heavy atom. The second-order valence-electron chi connectivity index (χ2n) is 7.89. The molecule has 2 aromatic rings. The van der Waals surface area contributed by atoms with Crippen LogP contribution < -0.4 is 10.6 Å². The smallest absolute Gasteiger partial charge is 0.319 e. The predicted octanol–water partition coefficient (Wildman–Crippen LogP) is 3.72. The Morgan fingerprint density at radius 3 is 2.39 bits per heavy atom. The Morgan fingerprint density at radius 2 is 1.79 bits per heavy atom. The van der Waals surface area contributed by atoms with E-state index < -0.39 is 23.7 Å². The maximum Gasteiger partial charge on any atom is 0.319 e. The van der Waals surface area contributed by atoms with Crippen molar-refractivity contribution in [2.75, 3.05) is 18.2 Å². The number of aryl methyl sites for hydroxylation is 3. The van der Waals surface area contributed by atoms with E-state index in [1.165, 1.54) is 7.11 Å². The van der Waals surface area contributed by atoms with Gasteiger partial charge in [-0.15, -0.1) is 0 Å². The molecule has 0 aromatic heterocycles. The van der Waals surface area contributed by atoms with Crippen molar-refractivity contribution in [3.8, 4) is 6.07 Å². The van der Waals surface area contributed by atoms with Crippen molar-refractivity contribution in [1.82, 2.24) is 5.32 Å². The number of anilines is 1. The van der Waals surface area contributed by atoms with E-state index in [1.54, 1.807) is 12.1 Å². The third kappa shape index (κ3) is 5.44. The number of esters is 1. The van der Waals surface area contributed by atoms with Gasteiger partial charge in [0.05, 0.1) is 29.5 Å². The summed E-state index contributed by atoms with van der Waals surface area (Å²) in [7, 11) is 1.21. The first kappa shape index (κ1) is 24.1. The minimum absolute atomic E-state index is 0.0163. The zero-order chi connectivity index (χ0) is 24.1. The van der Waals surface area contributed by atoms with Crippen LogP contribution in [0, 0.1) is 38.0 Å². The van der Waals surface area contributed by atoms with Crippen molar-refractivity contribution in [3.63, 3.8) is 0 Å². The number of thioether (sulfide) groups is 1. The number of hydrogen-bond donors (Lipinski definition) is 2. The Bertz CT molecular complexity index is 1170. The molecule has 0 spiro atoms. The largest absolute Gasteiger partial charge is 0.468 e. The summed E-state index contributed by atoms with van der Waals surface area (Å²) in [6, 6.07) is 15.2. The van der Waals surface area contributed by atoms with Crippen LogP contribution in [0.1, 0.15) is 28.2 Å². The molecule has 0 saturated heterocycles. The minimum atomic E-state index is -1.19. The SMILES string of the molecule is COC(=O)[C@H]1C(=O)NC(SCC(=O)Nc2ccc(C)cc2C)=C(C#N)[C@H]1c1ccc(C)cc1. The van der Waals surface area contributed by atoms with Gasteiger partial charge in [0, 0.05) is 11.6 Å². The Labute approximate surface area is 197 Å². The molecule has 2 N–H and O–H groups in total. The number of hydrogen-bond acceptors (Lipinski definition) is 6. The fourth-order valence-electron chi connectivity index (χ4n) is 3.73. The normalized spacial score (nSPS) is 17.7. The van der Waals surface area contributed by atoms with Gasteiger partial charge in [0.1, 0.15) is 5.92 Å². The molecule has 1 aliphatic heterocycles. The van der Waals surface area contributed by atoms with Crippen molar-refractivity contribution < 1.29 is 19.1 Å². The first-order chi connectivity index (χ1) is 15.7. The van der Waals surface area contributed by atoms with Crippen molar-refractivity contribution >= 4 is 35.2 Å². The van der Waals surface area contributed by atoms with Gasteiger partial charge in [-0.1, -0.05) is 59.3 Å². The van der Waals surface area contributed by atoms with Gasteiger partial charge < -0.3 is 15.4 Å². The van der Waals surface area contributed by atoms with Crippen molar-refractivity contribution in [2.45, 2.75) is 26.7 Å². The maximum atomic E-state index is 12.9. The molecular formula is C25H25N3O4S. The number of carbonyl (C=O) groups excluding carboxylic acids is 3. The molecule has 8 heteroatoms. The summed E-state index contributed by atoms with van der Waals surface area (Å²) >= 11 is 1.05. The number of benzene rings is 2. The first-order valence-electron chi connectivity index (χ1n) is 10.3. The maximum absolute atomic E-state index is 12.9. The number of amides is 2. The molecule has 7 nitrogen and oxygen atoms in total. The summed E-state index contributed by atoms with van der Waals surface area (Å²) in [5.74, 6) is -3.57. The Kier molecular flexibility index (Phi) is 7.56. The molecular weight excluding hydrogens is 438 g/mol. The van der Waals surface area contributed by atoms with Crippen LogP contribution in [-0.4, -0.2) is 30.6 Å². The van der Waals surface area contributed by atoms with Crippen LogP contribution in [0.3, 0.4) is 0 Å². The highest BCUT2D eigenvalue weighted by molar-refractivity contribution is 8.03. The number of rotatable bonds is 6. The van der Waals surface area contributed by atoms with Crippen molar-refractivity contribution in [1.29, 1.82) is 5.26 Å². The van der Waals surface area contributed by atoms with Gasteiger partial charge in [-0.2, -0.15) is 5.26 Å². The van der Waals surface area contributed by atoms with Gasteiger partial charge in [-0.05, 0) is 38.0 Å². The lowest BCUT2D eigenvalue weighted by Crippen LogP contribution is -2.44. The number of allylic oxidation sites excluding steroid dienone is 1. The van der Waals surface area contributed by atoms with Gasteiger partial charge in [0.2, 0.25) is 11.8 Å². The number of nitrogens with zero attached hydrogens (tertiary/aromatic N) is 1. The molecule has 0 saturated carbocycles. The van der Waals surface area contributed by atoms with Crippen LogP contribution in [0.15, 0.2) is 53.1 Å². The predicted molar refractivity (Wildman–Crippen MR) is 127 cm³/mol. The van der Waals surface area contributed by atoms with Crippen LogP contribution in [0.5, 0.6) is 0 Å². The van der Waals surface area contributed by atoms with Crippen LogP contribution >= 0.6 is 11.8 Å². The average molecular weight is 464 g/mol. The zero-order valence-corrected chi connectivity index (χ0v) is 19.7. The lowest BCUT2D eigenvalue weighted by atomic mass is 9.78. The van der Waals surface area contributed by atoms with E-state index in [2.05, 4.69) is 16.7 Å². The van der Waals surface area contributed by atoms with Crippen LogP contribution in [0.25, 0.3) is 0 Å². The molecule has 0 fully saturated rings. The van der Waals surface area contributed by atoms with Crippen molar-refractivity contribution in [2.24, 2.45) is 5.92 Å². The average Bonchev–Trinajstić information content (AvgIpc) is 2.79. The lowest BCUT2D eigenvalue weighted by Gasteiger charge is -2.31. The van der Waals surface area contributed by atoms with E-state index in [9.17, 15) is 19.6 Å². The number of ether oxygens (including phenoxy) is 1. The molecule has 0 aliphatic carbocycles. The Balaban J connectivity index is 1.88. The third-order valence-electron chi connectivity index (χ3n) is 5.42. The summed E-state index contributed by atoms with van der Waals surface area (Å²) in [6.07, 6.45) is 0. The molecule has 2 atom stereocenters. The molecule has 170 valence electrons. The summed E-state index contributed by atoms with van der Waals surface area (Å²) < 4.78 is 4.85. The molecule has 2 amide bonds. The summed E-state index contributed by atoms with van der Waals surface area (Å²) in [4.78, 5) is 37.8. The molecule has 1 heterocycles. The van der Waals surface area contributed by atoms with E-state index in [4.69, 9.17) is 4.74 Å². The second kappa shape index (κ2) is 10.4. The monoisotopic (exact) mass is 463 g/mol. The minimum Gasteiger partial charge on any atom is -0.468 e. The molecule has 2 aromatic carbocycles. The first-order valence-corrected chi connectivity index (χ1v) is 11.3. The molecule has 0 unspecified atom stereocenters. The summed E-state index contributed by atoms with van der Waals surface area (Å²) in [6.45, 7) is 5.81. The van der Waals surface area contributed by atoms with Gasteiger partial charge in [0.15, 0.2) is 0 Å². The number of methoxy groups -OCH3 is 1. The quantitative estimate of drug-likeness (QED) is 0.499. The van der Waals surface area contributed by atoms with E-state index in [0.29, 0.717) is 11.3 Å². The van der Waals surface area contributed by atoms with Gasteiger partial charge in [-0.25, -0.2) is 0 Å². The number of carbonyl (C=O) groups is 3. The number of nitriles is 1. The number of nitrogens with one attached hydrogen (secondary N) is 2. The fourth-order valence-corrected chi connectivity index (χ4v) is 4.58.